The predicted octanol–water partition coefficient (Wildman–Crippen LogP) is 4.84. The first-order valence-electron chi connectivity index (χ1n) is 10.0. The lowest BCUT2D eigenvalue weighted by Crippen LogP contribution is -2.50. The summed E-state index contributed by atoms with van der Waals surface area (Å²) in [6, 6.07) is 10.1. The van der Waals surface area contributed by atoms with Crippen LogP contribution in [0.2, 0.25) is 0 Å². The molecule has 0 saturated heterocycles. The van der Waals surface area contributed by atoms with Gasteiger partial charge in [-0.25, -0.2) is 4.68 Å². The fraction of sp³-hybridized carbons (Fsp3) is 0.318. The van der Waals surface area contributed by atoms with Gasteiger partial charge in [-0.1, -0.05) is 18.2 Å². The first-order chi connectivity index (χ1) is 16.3. The molecule has 1 aliphatic rings. The minimum atomic E-state index is -6.57. The number of benzene rings is 2. The molecule has 188 valence electrons. The van der Waals surface area contributed by atoms with Crippen LogP contribution in [0.5, 0.6) is 17.2 Å². The van der Waals surface area contributed by atoms with Crippen molar-refractivity contribution in [2.75, 3.05) is 13.9 Å². The van der Waals surface area contributed by atoms with E-state index in [0.717, 1.165) is 0 Å². The van der Waals surface area contributed by atoms with E-state index in [0.29, 0.717) is 21.7 Å². The van der Waals surface area contributed by atoms with E-state index in [4.69, 9.17) is 14.2 Å². The maximum atomic E-state index is 14.7. The van der Waals surface area contributed by atoms with Gasteiger partial charge >= 0.3 is 18.0 Å². The summed E-state index contributed by atoms with van der Waals surface area (Å²) < 4.78 is 112. The molecule has 1 N–H and O–H groups in total. The van der Waals surface area contributed by atoms with Crippen molar-refractivity contribution in [1.29, 1.82) is 0 Å². The lowest BCUT2D eigenvalue weighted by molar-refractivity contribution is -0.360. The number of halogens is 7. The smallest absolute Gasteiger partial charge is 0.460 e. The molecule has 0 unspecified atom stereocenters. The van der Waals surface area contributed by atoms with Crippen LogP contribution >= 0.6 is 0 Å². The van der Waals surface area contributed by atoms with Crippen molar-refractivity contribution in [3.63, 3.8) is 0 Å². The molecule has 35 heavy (non-hydrogen) atoms. The topological polar surface area (TPSA) is 65.5 Å². The highest BCUT2D eigenvalue weighted by Gasteiger charge is 2.74. The minimum Gasteiger partial charge on any atom is -0.497 e. The maximum absolute atomic E-state index is 14.7. The van der Waals surface area contributed by atoms with E-state index in [-0.39, 0.29) is 18.1 Å². The third-order valence-corrected chi connectivity index (χ3v) is 5.41. The Morgan fingerprint density at radius 3 is 2.37 bits per heavy atom. The molecule has 0 radical (unpaired) electrons. The third-order valence-electron chi connectivity index (χ3n) is 5.41. The van der Waals surface area contributed by atoms with Crippen LogP contribution in [0.25, 0.3) is 0 Å². The monoisotopic (exact) mass is 506 g/mol. The van der Waals surface area contributed by atoms with Gasteiger partial charge in [0.2, 0.25) is 6.79 Å². The highest BCUT2D eigenvalue weighted by Crippen LogP contribution is 2.52. The predicted molar refractivity (Wildman–Crippen MR) is 107 cm³/mol. The average Bonchev–Trinajstić information content (AvgIpc) is 3.38. The summed E-state index contributed by atoms with van der Waals surface area (Å²) in [7, 11) is 1.36. The van der Waals surface area contributed by atoms with Gasteiger partial charge in [-0.2, -0.15) is 30.7 Å². The second-order valence-electron chi connectivity index (χ2n) is 7.72. The molecule has 0 amide bonds. The zero-order chi connectivity index (χ0) is 25.6. The van der Waals surface area contributed by atoms with E-state index in [1.165, 1.54) is 43.5 Å². The Morgan fingerprint density at radius 2 is 1.69 bits per heavy atom. The van der Waals surface area contributed by atoms with E-state index < -0.39 is 47.8 Å². The summed E-state index contributed by atoms with van der Waals surface area (Å²) in [4.78, 5) is 13.0. The number of alkyl halides is 7. The van der Waals surface area contributed by atoms with Gasteiger partial charge in [-0.3, -0.25) is 9.89 Å². The molecule has 13 heteroatoms. The van der Waals surface area contributed by atoms with Gasteiger partial charge in [0, 0.05) is 6.42 Å². The Kier molecular flexibility index (Phi) is 5.97. The van der Waals surface area contributed by atoms with Crippen LogP contribution in [-0.2, 0) is 18.9 Å². The van der Waals surface area contributed by atoms with Crippen LogP contribution < -0.4 is 19.8 Å². The van der Waals surface area contributed by atoms with Crippen LogP contribution in [0.1, 0.15) is 22.4 Å². The first-order valence-corrected chi connectivity index (χ1v) is 10.0. The molecule has 1 aromatic heterocycles. The van der Waals surface area contributed by atoms with Crippen molar-refractivity contribution < 1.29 is 44.9 Å². The number of hydrogen-bond donors (Lipinski definition) is 1. The Bertz CT molecular complexity index is 1300. The van der Waals surface area contributed by atoms with Gasteiger partial charge in [0.05, 0.1) is 19.2 Å². The number of methoxy groups -OCH3 is 1. The van der Waals surface area contributed by atoms with Gasteiger partial charge in [0.25, 0.3) is 5.56 Å². The summed E-state index contributed by atoms with van der Waals surface area (Å²) >= 11 is 0. The Balaban J connectivity index is 1.81. The molecule has 0 saturated carbocycles. The number of ether oxygens (including phenoxy) is 3. The summed E-state index contributed by atoms with van der Waals surface area (Å²) in [5.74, 6) is -11.3. The highest BCUT2D eigenvalue weighted by atomic mass is 19.4. The standard InChI is InChI=1S/C22H17F7N2O4/c1-33-14-4-2-3-13(7-14)10-31-19(32)15(8-12-5-6-16-17(9-12)35-11-34-16)18(30-31)20(23,24)21(25,26)22(27,28)29/h2-7,9,30H,8,10-11H2,1H3. The average molecular weight is 506 g/mol. The molecule has 0 atom stereocenters. The van der Waals surface area contributed by atoms with Crippen molar-refractivity contribution in [3.8, 4) is 17.2 Å². The molecule has 1 aliphatic heterocycles. The largest absolute Gasteiger partial charge is 0.497 e. The van der Waals surface area contributed by atoms with Crippen LogP contribution in [-0.4, -0.2) is 35.8 Å². The van der Waals surface area contributed by atoms with E-state index in [2.05, 4.69) is 0 Å². The molecule has 0 aliphatic carbocycles. The van der Waals surface area contributed by atoms with Crippen molar-refractivity contribution >= 4 is 0 Å². The summed E-state index contributed by atoms with van der Waals surface area (Å²) in [5, 5.41) is 1.80. The maximum Gasteiger partial charge on any atom is 0.460 e. The van der Waals surface area contributed by atoms with Gasteiger partial charge in [0.15, 0.2) is 11.5 Å². The SMILES string of the molecule is COc1cccc(Cn2[nH]c(C(F)(F)C(F)(F)C(F)(F)F)c(Cc3ccc4c(c3)OCO4)c2=O)c1. The molecular formula is C22H17F7N2O4. The molecule has 0 fully saturated rings. The molecular weight excluding hydrogens is 489 g/mol. The third kappa shape index (κ3) is 4.30. The zero-order valence-corrected chi connectivity index (χ0v) is 17.9. The summed E-state index contributed by atoms with van der Waals surface area (Å²) in [6.45, 7) is -0.532. The minimum absolute atomic E-state index is 0.114. The van der Waals surface area contributed by atoms with Gasteiger partial charge < -0.3 is 14.2 Å². The first kappa shape index (κ1) is 24.5. The lowest BCUT2D eigenvalue weighted by Gasteiger charge is -2.28. The van der Waals surface area contributed by atoms with Crippen LogP contribution in [0.4, 0.5) is 30.7 Å². The van der Waals surface area contributed by atoms with Gasteiger partial charge in [-0.15, -0.1) is 0 Å². The van der Waals surface area contributed by atoms with Gasteiger partial charge in [0.1, 0.15) is 11.4 Å². The van der Waals surface area contributed by atoms with Crippen LogP contribution in [0.15, 0.2) is 47.3 Å². The molecule has 4 rings (SSSR count). The summed E-state index contributed by atoms with van der Waals surface area (Å²) in [5.41, 5.74) is -3.45. The molecule has 2 heterocycles. The lowest BCUT2D eigenvalue weighted by atomic mass is 9.99. The molecule has 2 aromatic carbocycles. The van der Waals surface area contributed by atoms with Gasteiger partial charge in [-0.05, 0) is 35.4 Å². The molecule has 6 nitrogen and oxygen atoms in total. The number of H-pyrrole nitrogens is 1. The fourth-order valence-corrected chi connectivity index (χ4v) is 3.60. The number of nitrogens with one attached hydrogen (secondary N) is 1. The zero-order valence-electron chi connectivity index (χ0n) is 17.9. The second kappa shape index (κ2) is 8.54. The van der Waals surface area contributed by atoms with Crippen molar-refractivity contribution in [2.24, 2.45) is 0 Å². The van der Waals surface area contributed by atoms with Crippen molar-refractivity contribution in [2.45, 2.75) is 31.0 Å². The Labute approximate surface area is 192 Å². The van der Waals surface area contributed by atoms with Crippen LogP contribution in [0.3, 0.4) is 0 Å². The molecule has 0 bridgehead atoms. The van der Waals surface area contributed by atoms with E-state index in [1.54, 1.807) is 11.2 Å². The normalized spacial score (nSPS) is 13.8. The van der Waals surface area contributed by atoms with Crippen molar-refractivity contribution in [1.82, 2.24) is 9.78 Å². The molecule has 0 spiro atoms. The molecule has 3 aromatic rings. The summed E-state index contributed by atoms with van der Waals surface area (Å²) in [6.07, 6.45) is -7.24. The van der Waals surface area contributed by atoms with E-state index in [1.807, 2.05) is 0 Å². The van der Waals surface area contributed by atoms with E-state index >= 15 is 0 Å². The Hall–Kier alpha value is -3.64. The number of aromatic nitrogens is 2. The van der Waals surface area contributed by atoms with E-state index in [9.17, 15) is 35.5 Å². The highest BCUT2D eigenvalue weighted by molar-refractivity contribution is 5.46. The number of nitrogens with zero attached hydrogens (tertiary/aromatic N) is 1. The fourth-order valence-electron chi connectivity index (χ4n) is 3.60. The number of hydrogen-bond acceptors (Lipinski definition) is 4. The second-order valence-corrected chi connectivity index (χ2v) is 7.72. The van der Waals surface area contributed by atoms with Crippen molar-refractivity contribution in [3.05, 3.63) is 75.2 Å². The Morgan fingerprint density at radius 1 is 0.971 bits per heavy atom. The quantitative estimate of drug-likeness (QED) is 0.466. The van der Waals surface area contributed by atoms with Crippen LogP contribution in [0, 0.1) is 0 Å². The number of rotatable bonds is 7. The number of aromatic amines is 1. The number of fused-ring (bicyclic) bond motifs is 1.